The SMILES string of the molecule is COc1ccc(N2C(=S)N[C@@H](c3ccccn3)[C@H]2c2cc(C)n(-c3ccc(C)cn3)c2C)cc1Cl. The maximum Gasteiger partial charge on any atom is 0.174 e. The first-order chi connectivity index (χ1) is 16.9. The summed E-state index contributed by atoms with van der Waals surface area (Å²) in [6.45, 7) is 6.26. The van der Waals surface area contributed by atoms with Gasteiger partial charge in [0.2, 0.25) is 0 Å². The Morgan fingerprint density at radius 3 is 2.51 bits per heavy atom. The molecule has 1 saturated heterocycles. The van der Waals surface area contributed by atoms with Crippen LogP contribution in [0.3, 0.4) is 0 Å². The van der Waals surface area contributed by atoms with E-state index in [0.717, 1.165) is 39.7 Å². The highest BCUT2D eigenvalue weighted by atomic mass is 35.5. The lowest BCUT2D eigenvalue weighted by atomic mass is 9.96. The number of hydrogen-bond acceptors (Lipinski definition) is 4. The smallest absolute Gasteiger partial charge is 0.174 e. The molecule has 35 heavy (non-hydrogen) atoms. The molecule has 0 aliphatic carbocycles. The number of aromatic nitrogens is 3. The third-order valence-corrected chi connectivity index (χ3v) is 7.04. The molecule has 2 atom stereocenters. The van der Waals surface area contributed by atoms with Gasteiger partial charge in [-0.2, -0.15) is 0 Å². The summed E-state index contributed by atoms with van der Waals surface area (Å²) in [5.74, 6) is 1.51. The van der Waals surface area contributed by atoms with E-state index < -0.39 is 0 Å². The van der Waals surface area contributed by atoms with Crippen LogP contribution in [-0.4, -0.2) is 26.8 Å². The van der Waals surface area contributed by atoms with Crippen molar-refractivity contribution in [1.82, 2.24) is 19.9 Å². The summed E-state index contributed by atoms with van der Waals surface area (Å²) < 4.78 is 7.55. The zero-order valence-electron chi connectivity index (χ0n) is 20.0. The second-order valence-corrected chi connectivity index (χ2v) is 9.46. The number of ether oxygens (including phenoxy) is 1. The van der Waals surface area contributed by atoms with Crippen LogP contribution in [0.4, 0.5) is 5.69 Å². The first kappa shape index (κ1) is 23.3. The lowest BCUT2D eigenvalue weighted by Gasteiger charge is -2.28. The number of hydrogen-bond donors (Lipinski definition) is 1. The second-order valence-electron chi connectivity index (χ2n) is 8.67. The summed E-state index contributed by atoms with van der Waals surface area (Å²) >= 11 is 12.4. The second kappa shape index (κ2) is 9.32. The van der Waals surface area contributed by atoms with Gasteiger partial charge in [0.05, 0.1) is 29.9 Å². The van der Waals surface area contributed by atoms with Gasteiger partial charge in [0.25, 0.3) is 0 Å². The number of aryl methyl sites for hydroxylation is 2. The van der Waals surface area contributed by atoms with Crippen molar-refractivity contribution in [3.05, 3.63) is 100 Å². The van der Waals surface area contributed by atoms with Crippen LogP contribution in [-0.2, 0) is 0 Å². The molecule has 0 radical (unpaired) electrons. The van der Waals surface area contributed by atoms with Crippen molar-refractivity contribution in [2.24, 2.45) is 0 Å². The predicted molar refractivity (Wildman–Crippen MR) is 144 cm³/mol. The molecule has 5 rings (SSSR count). The molecule has 1 aliphatic rings. The number of benzene rings is 1. The third kappa shape index (κ3) is 4.15. The molecule has 8 heteroatoms. The Balaban J connectivity index is 1.67. The third-order valence-electron chi connectivity index (χ3n) is 6.43. The highest BCUT2D eigenvalue weighted by molar-refractivity contribution is 7.80. The van der Waals surface area contributed by atoms with Crippen molar-refractivity contribution in [2.75, 3.05) is 12.0 Å². The number of thiocarbonyl (C=S) groups is 1. The molecule has 1 aromatic carbocycles. The monoisotopic (exact) mass is 503 g/mol. The zero-order chi connectivity index (χ0) is 24.7. The maximum absolute atomic E-state index is 6.52. The van der Waals surface area contributed by atoms with Gasteiger partial charge in [-0.15, -0.1) is 0 Å². The van der Waals surface area contributed by atoms with Crippen molar-refractivity contribution in [3.63, 3.8) is 0 Å². The molecule has 178 valence electrons. The van der Waals surface area contributed by atoms with E-state index in [4.69, 9.17) is 28.6 Å². The summed E-state index contributed by atoms with van der Waals surface area (Å²) in [5, 5.41) is 4.66. The lowest BCUT2D eigenvalue weighted by Crippen LogP contribution is -2.29. The normalized spacial score (nSPS) is 17.5. The van der Waals surface area contributed by atoms with E-state index in [1.807, 2.05) is 61.8 Å². The van der Waals surface area contributed by atoms with E-state index >= 15 is 0 Å². The minimum Gasteiger partial charge on any atom is -0.495 e. The van der Waals surface area contributed by atoms with Crippen LogP contribution in [0.1, 0.15) is 40.3 Å². The van der Waals surface area contributed by atoms with Gasteiger partial charge in [0.1, 0.15) is 11.6 Å². The molecular formula is C27H26ClN5OS. The van der Waals surface area contributed by atoms with E-state index in [2.05, 4.69) is 50.7 Å². The lowest BCUT2D eigenvalue weighted by molar-refractivity contribution is 0.415. The number of halogens is 1. The van der Waals surface area contributed by atoms with Gasteiger partial charge in [0.15, 0.2) is 5.11 Å². The summed E-state index contributed by atoms with van der Waals surface area (Å²) in [5.41, 5.74) is 6.26. The van der Waals surface area contributed by atoms with Crippen molar-refractivity contribution >= 4 is 34.6 Å². The fourth-order valence-corrected chi connectivity index (χ4v) is 5.38. The average molecular weight is 504 g/mol. The van der Waals surface area contributed by atoms with Crippen molar-refractivity contribution < 1.29 is 4.74 Å². The molecular weight excluding hydrogens is 478 g/mol. The van der Waals surface area contributed by atoms with Gasteiger partial charge in [-0.1, -0.05) is 23.7 Å². The molecule has 0 amide bonds. The van der Waals surface area contributed by atoms with Crippen LogP contribution < -0.4 is 15.0 Å². The van der Waals surface area contributed by atoms with E-state index in [1.54, 1.807) is 7.11 Å². The van der Waals surface area contributed by atoms with Crippen molar-refractivity contribution in [2.45, 2.75) is 32.9 Å². The Kier molecular flexibility index (Phi) is 6.21. The quantitative estimate of drug-likeness (QED) is 0.335. The summed E-state index contributed by atoms with van der Waals surface area (Å²) in [6, 6.07) is 17.7. The van der Waals surface area contributed by atoms with Gasteiger partial charge >= 0.3 is 0 Å². The Bertz CT molecular complexity index is 1390. The first-order valence-corrected chi connectivity index (χ1v) is 12.1. The van der Waals surface area contributed by atoms with Gasteiger partial charge in [-0.3, -0.25) is 4.98 Å². The molecule has 0 unspecified atom stereocenters. The van der Waals surface area contributed by atoms with Crippen LogP contribution >= 0.6 is 23.8 Å². The number of pyridine rings is 2. The topological polar surface area (TPSA) is 55.2 Å². The number of nitrogens with zero attached hydrogens (tertiary/aromatic N) is 4. The Hall–Kier alpha value is -3.42. The molecule has 4 aromatic rings. The summed E-state index contributed by atoms with van der Waals surface area (Å²) in [6.07, 6.45) is 3.70. The summed E-state index contributed by atoms with van der Waals surface area (Å²) in [4.78, 5) is 11.5. The van der Waals surface area contributed by atoms with Crippen LogP contribution in [0.25, 0.3) is 5.82 Å². The number of anilines is 1. The highest BCUT2D eigenvalue weighted by Crippen LogP contribution is 2.44. The van der Waals surface area contributed by atoms with E-state index in [1.165, 1.54) is 0 Å². The average Bonchev–Trinajstić information content (AvgIpc) is 3.35. The minimum atomic E-state index is -0.149. The zero-order valence-corrected chi connectivity index (χ0v) is 21.6. The van der Waals surface area contributed by atoms with Crippen LogP contribution in [0.2, 0.25) is 5.02 Å². The molecule has 0 bridgehead atoms. The minimum absolute atomic E-state index is 0.146. The van der Waals surface area contributed by atoms with Crippen molar-refractivity contribution in [3.8, 4) is 11.6 Å². The van der Waals surface area contributed by atoms with Crippen LogP contribution in [0.5, 0.6) is 5.75 Å². The van der Waals surface area contributed by atoms with E-state index in [-0.39, 0.29) is 12.1 Å². The van der Waals surface area contributed by atoms with E-state index in [9.17, 15) is 0 Å². The Labute approximate surface area is 215 Å². The van der Waals surface area contributed by atoms with Gasteiger partial charge < -0.3 is 19.5 Å². The first-order valence-electron chi connectivity index (χ1n) is 11.3. The molecule has 1 aliphatic heterocycles. The maximum atomic E-state index is 6.52. The molecule has 3 aromatic heterocycles. The number of nitrogens with one attached hydrogen (secondary N) is 1. The number of rotatable bonds is 5. The van der Waals surface area contributed by atoms with Gasteiger partial charge in [-0.05, 0) is 86.6 Å². The molecule has 1 N–H and O–H groups in total. The number of methoxy groups -OCH3 is 1. The fourth-order valence-electron chi connectivity index (χ4n) is 4.79. The highest BCUT2D eigenvalue weighted by Gasteiger charge is 2.42. The molecule has 0 spiro atoms. The molecule has 0 saturated carbocycles. The van der Waals surface area contributed by atoms with Crippen LogP contribution in [0, 0.1) is 20.8 Å². The van der Waals surface area contributed by atoms with Gasteiger partial charge in [-0.25, -0.2) is 4.98 Å². The Morgan fingerprint density at radius 2 is 1.86 bits per heavy atom. The Morgan fingerprint density at radius 1 is 1.03 bits per heavy atom. The fraction of sp³-hybridized carbons (Fsp3) is 0.222. The largest absolute Gasteiger partial charge is 0.495 e. The summed E-state index contributed by atoms with van der Waals surface area (Å²) in [7, 11) is 1.61. The standard InChI is InChI=1S/C27H26ClN5OS/c1-16-8-11-24(30-15-16)32-17(2)13-20(18(32)3)26-25(22-7-5-6-12-29-22)31-27(35)33(26)19-9-10-23(34-4)21(28)14-19/h5-15,25-26H,1-4H3,(H,31,35)/t25-,26+/m0/s1. The van der Waals surface area contributed by atoms with Crippen LogP contribution in [0.15, 0.2) is 67.0 Å². The molecule has 4 heterocycles. The predicted octanol–water partition coefficient (Wildman–Crippen LogP) is 6.03. The van der Waals surface area contributed by atoms with Crippen molar-refractivity contribution in [1.29, 1.82) is 0 Å². The van der Waals surface area contributed by atoms with Gasteiger partial charge in [0, 0.05) is 29.5 Å². The van der Waals surface area contributed by atoms with E-state index in [0.29, 0.717) is 15.9 Å². The molecule has 6 nitrogen and oxygen atoms in total. The molecule has 1 fully saturated rings.